The van der Waals surface area contributed by atoms with Gasteiger partial charge in [0.1, 0.15) is 0 Å². The van der Waals surface area contributed by atoms with Crippen molar-refractivity contribution in [3.05, 3.63) is 41.0 Å². The van der Waals surface area contributed by atoms with Gasteiger partial charge in [0.25, 0.3) is 0 Å². The van der Waals surface area contributed by atoms with E-state index in [4.69, 9.17) is 5.10 Å². The third kappa shape index (κ3) is 4.51. The van der Waals surface area contributed by atoms with Crippen LogP contribution in [-0.4, -0.2) is 80.7 Å². The zero-order chi connectivity index (χ0) is 20.5. The molecule has 2 aromatic rings. The molecule has 0 aromatic carbocycles. The standard InChI is InChI=1S/C22H32N6O/c1-16(2)26-7-9-27(10-8-26)22(29)15-25-6-5-21-19(13-25)14-28(24-21)20-11-17(3)23-18(4)12-20/h11-12,14,16H,5-10,13,15H2,1-4H3. The first-order valence-corrected chi connectivity index (χ1v) is 10.7. The number of aryl methyl sites for hydroxylation is 2. The second kappa shape index (κ2) is 8.24. The third-order valence-electron chi connectivity index (χ3n) is 6.02. The van der Waals surface area contributed by atoms with E-state index in [0.29, 0.717) is 12.6 Å². The lowest BCUT2D eigenvalue weighted by Gasteiger charge is -2.38. The van der Waals surface area contributed by atoms with Gasteiger partial charge in [0.2, 0.25) is 5.91 Å². The van der Waals surface area contributed by atoms with Gasteiger partial charge in [-0.05, 0) is 39.8 Å². The molecule has 7 nitrogen and oxygen atoms in total. The van der Waals surface area contributed by atoms with Gasteiger partial charge in [0, 0.05) is 74.9 Å². The Hall–Kier alpha value is -2.25. The van der Waals surface area contributed by atoms with Gasteiger partial charge < -0.3 is 4.90 Å². The van der Waals surface area contributed by atoms with Crippen LogP contribution in [0.2, 0.25) is 0 Å². The highest BCUT2D eigenvalue weighted by Gasteiger charge is 2.26. The van der Waals surface area contributed by atoms with Gasteiger partial charge in [-0.25, -0.2) is 4.68 Å². The van der Waals surface area contributed by atoms with Crippen molar-refractivity contribution in [2.45, 2.75) is 46.7 Å². The average Bonchev–Trinajstić information content (AvgIpc) is 3.11. The topological polar surface area (TPSA) is 57.5 Å². The van der Waals surface area contributed by atoms with Crippen LogP contribution in [0.15, 0.2) is 18.3 Å². The van der Waals surface area contributed by atoms with E-state index in [9.17, 15) is 4.79 Å². The predicted octanol–water partition coefficient (Wildman–Crippen LogP) is 1.79. The molecule has 0 aliphatic carbocycles. The maximum absolute atomic E-state index is 12.8. The summed E-state index contributed by atoms with van der Waals surface area (Å²) in [7, 11) is 0. The minimum absolute atomic E-state index is 0.254. The summed E-state index contributed by atoms with van der Waals surface area (Å²) < 4.78 is 1.96. The van der Waals surface area contributed by atoms with Crippen LogP contribution in [0.25, 0.3) is 5.69 Å². The normalized spacial score (nSPS) is 18.3. The van der Waals surface area contributed by atoms with E-state index in [1.54, 1.807) is 0 Å². The second-order valence-corrected chi connectivity index (χ2v) is 8.62. The summed E-state index contributed by atoms with van der Waals surface area (Å²) in [4.78, 5) is 24.0. The lowest BCUT2D eigenvalue weighted by molar-refractivity contribution is -0.134. The number of hydrogen-bond acceptors (Lipinski definition) is 5. The Labute approximate surface area is 173 Å². The van der Waals surface area contributed by atoms with Crippen LogP contribution in [0.1, 0.15) is 36.5 Å². The smallest absolute Gasteiger partial charge is 0.236 e. The molecular formula is C22H32N6O. The SMILES string of the molecule is Cc1cc(-n2cc3c(n2)CCN(CC(=O)N2CCN(C(C)C)CC2)C3)cc(C)n1. The molecule has 2 aromatic heterocycles. The summed E-state index contributed by atoms with van der Waals surface area (Å²) in [6, 6.07) is 4.67. The Bertz CT molecular complexity index is 861. The van der Waals surface area contributed by atoms with E-state index in [2.05, 4.69) is 47.0 Å². The molecule has 0 unspecified atom stereocenters. The highest BCUT2D eigenvalue weighted by molar-refractivity contribution is 5.78. The zero-order valence-electron chi connectivity index (χ0n) is 18.1. The van der Waals surface area contributed by atoms with Crippen molar-refractivity contribution >= 4 is 5.91 Å². The first-order chi connectivity index (χ1) is 13.9. The number of rotatable bonds is 4. The molecule has 0 N–H and O–H groups in total. The monoisotopic (exact) mass is 396 g/mol. The van der Waals surface area contributed by atoms with E-state index in [0.717, 1.165) is 68.5 Å². The fourth-order valence-corrected chi connectivity index (χ4v) is 4.36. The van der Waals surface area contributed by atoms with E-state index in [1.165, 1.54) is 5.56 Å². The molecule has 0 atom stereocenters. The molecule has 1 fully saturated rings. The van der Waals surface area contributed by atoms with Gasteiger partial charge in [0.15, 0.2) is 0 Å². The van der Waals surface area contributed by atoms with Crippen LogP contribution in [0.4, 0.5) is 0 Å². The van der Waals surface area contributed by atoms with Crippen molar-refractivity contribution in [3.8, 4) is 5.69 Å². The van der Waals surface area contributed by atoms with Gasteiger partial charge >= 0.3 is 0 Å². The number of aromatic nitrogens is 3. The van der Waals surface area contributed by atoms with Crippen LogP contribution in [-0.2, 0) is 17.8 Å². The maximum Gasteiger partial charge on any atom is 0.236 e. The number of nitrogens with zero attached hydrogens (tertiary/aromatic N) is 6. The Morgan fingerprint density at radius 2 is 1.76 bits per heavy atom. The number of carbonyl (C=O) groups is 1. The molecule has 0 spiro atoms. The molecule has 2 aliphatic rings. The average molecular weight is 397 g/mol. The zero-order valence-corrected chi connectivity index (χ0v) is 18.1. The molecular weight excluding hydrogens is 364 g/mol. The van der Waals surface area contributed by atoms with Crippen molar-refractivity contribution in [2.75, 3.05) is 39.3 Å². The van der Waals surface area contributed by atoms with E-state index >= 15 is 0 Å². The molecule has 4 heterocycles. The summed E-state index contributed by atoms with van der Waals surface area (Å²) in [5.74, 6) is 0.254. The predicted molar refractivity (Wildman–Crippen MR) is 113 cm³/mol. The van der Waals surface area contributed by atoms with Crippen LogP contribution in [0.5, 0.6) is 0 Å². The van der Waals surface area contributed by atoms with Gasteiger partial charge in [-0.3, -0.25) is 19.6 Å². The lowest BCUT2D eigenvalue weighted by Crippen LogP contribution is -2.53. The molecule has 0 radical (unpaired) electrons. The van der Waals surface area contributed by atoms with Crippen LogP contribution in [0.3, 0.4) is 0 Å². The Morgan fingerprint density at radius 1 is 1.07 bits per heavy atom. The Balaban J connectivity index is 1.38. The molecule has 0 bridgehead atoms. The number of carbonyl (C=O) groups excluding carboxylic acids is 1. The minimum atomic E-state index is 0.254. The minimum Gasteiger partial charge on any atom is -0.339 e. The van der Waals surface area contributed by atoms with Crippen molar-refractivity contribution in [3.63, 3.8) is 0 Å². The van der Waals surface area contributed by atoms with Gasteiger partial charge in [-0.15, -0.1) is 0 Å². The van der Waals surface area contributed by atoms with E-state index < -0.39 is 0 Å². The second-order valence-electron chi connectivity index (χ2n) is 8.62. The first kappa shape index (κ1) is 20.0. The molecule has 4 rings (SSSR count). The summed E-state index contributed by atoms with van der Waals surface area (Å²) in [6.07, 6.45) is 3.00. The lowest BCUT2D eigenvalue weighted by atomic mass is 10.1. The summed E-state index contributed by atoms with van der Waals surface area (Å²) >= 11 is 0. The number of fused-ring (bicyclic) bond motifs is 1. The van der Waals surface area contributed by atoms with Crippen LogP contribution >= 0.6 is 0 Å². The number of amides is 1. The largest absolute Gasteiger partial charge is 0.339 e. The highest BCUT2D eigenvalue weighted by Crippen LogP contribution is 2.20. The Kier molecular flexibility index (Phi) is 5.69. The van der Waals surface area contributed by atoms with E-state index in [-0.39, 0.29) is 5.91 Å². The van der Waals surface area contributed by atoms with Crippen LogP contribution < -0.4 is 0 Å². The first-order valence-electron chi connectivity index (χ1n) is 10.7. The molecule has 29 heavy (non-hydrogen) atoms. The molecule has 1 saturated heterocycles. The fraction of sp³-hybridized carbons (Fsp3) is 0.591. The van der Waals surface area contributed by atoms with Crippen molar-refractivity contribution < 1.29 is 4.79 Å². The van der Waals surface area contributed by atoms with Gasteiger partial charge in [-0.2, -0.15) is 5.10 Å². The summed E-state index contributed by atoms with van der Waals surface area (Å²) in [5, 5.41) is 4.79. The molecule has 2 aliphatic heterocycles. The molecule has 1 amide bonds. The Morgan fingerprint density at radius 3 is 2.41 bits per heavy atom. The summed E-state index contributed by atoms with van der Waals surface area (Å²) in [6.45, 7) is 14.3. The quantitative estimate of drug-likeness (QED) is 0.789. The summed E-state index contributed by atoms with van der Waals surface area (Å²) in [5.41, 5.74) is 5.42. The van der Waals surface area contributed by atoms with Gasteiger partial charge in [-0.1, -0.05) is 0 Å². The third-order valence-corrected chi connectivity index (χ3v) is 6.02. The van der Waals surface area contributed by atoms with E-state index in [1.807, 2.05) is 23.4 Å². The molecule has 7 heteroatoms. The molecule has 0 saturated carbocycles. The number of piperazine rings is 1. The highest BCUT2D eigenvalue weighted by atomic mass is 16.2. The molecule has 156 valence electrons. The van der Waals surface area contributed by atoms with Crippen molar-refractivity contribution in [2.24, 2.45) is 0 Å². The van der Waals surface area contributed by atoms with Crippen molar-refractivity contribution in [1.82, 2.24) is 29.5 Å². The number of pyridine rings is 1. The van der Waals surface area contributed by atoms with Crippen molar-refractivity contribution in [1.29, 1.82) is 0 Å². The number of hydrogen-bond donors (Lipinski definition) is 0. The van der Waals surface area contributed by atoms with Crippen LogP contribution in [0, 0.1) is 13.8 Å². The van der Waals surface area contributed by atoms with Gasteiger partial charge in [0.05, 0.1) is 17.9 Å². The fourth-order valence-electron chi connectivity index (χ4n) is 4.36. The maximum atomic E-state index is 12.8.